The predicted molar refractivity (Wildman–Crippen MR) is 82.5 cm³/mol. The molecule has 1 aliphatic heterocycles. The monoisotopic (exact) mass is 276 g/mol. The van der Waals surface area contributed by atoms with E-state index in [2.05, 4.69) is 28.3 Å². The normalized spacial score (nSPS) is 16.3. The van der Waals surface area contributed by atoms with Gasteiger partial charge in [0.25, 0.3) is 0 Å². The number of rotatable bonds is 5. The highest BCUT2D eigenvalue weighted by molar-refractivity contribution is 5.76. The Hall–Kier alpha value is -1.75. The Morgan fingerprint density at radius 1 is 1.30 bits per heavy atom. The summed E-state index contributed by atoms with van der Waals surface area (Å²) in [4.78, 5) is 7.60. The Morgan fingerprint density at radius 2 is 2.05 bits per heavy atom. The van der Waals surface area contributed by atoms with Gasteiger partial charge >= 0.3 is 0 Å². The van der Waals surface area contributed by atoms with Gasteiger partial charge in [0.2, 0.25) is 0 Å². The van der Waals surface area contributed by atoms with Crippen molar-refractivity contribution in [3.05, 3.63) is 29.3 Å². The van der Waals surface area contributed by atoms with Crippen molar-refractivity contribution in [1.82, 2.24) is 0 Å². The summed E-state index contributed by atoms with van der Waals surface area (Å²) in [6.07, 6.45) is 3.86. The van der Waals surface area contributed by atoms with E-state index in [0.717, 1.165) is 18.7 Å². The molecule has 4 N–H and O–H groups in total. The summed E-state index contributed by atoms with van der Waals surface area (Å²) < 4.78 is 0. The van der Waals surface area contributed by atoms with Gasteiger partial charge in [-0.3, -0.25) is 0 Å². The second-order valence-electron chi connectivity index (χ2n) is 5.22. The first-order valence-corrected chi connectivity index (χ1v) is 7.19. The lowest BCUT2D eigenvalue weighted by molar-refractivity contribution is 0.130. The van der Waals surface area contributed by atoms with Gasteiger partial charge < -0.3 is 21.2 Å². The molecule has 2 rings (SSSR count). The van der Waals surface area contributed by atoms with Crippen molar-refractivity contribution in [2.24, 2.45) is 16.6 Å². The first-order chi connectivity index (χ1) is 9.70. The molecule has 1 aliphatic rings. The SMILES string of the molecule is C/C(N)=N/OCc1ccc(N2CCCCC2)c(CN)c1. The number of amidine groups is 1. The van der Waals surface area contributed by atoms with E-state index in [-0.39, 0.29) is 0 Å². The molecule has 0 amide bonds. The summed E-state index contributed by atoms with van der Waals surface area (Å²) in [5.74, 6) is 0.425. The van der Waals surface area contributed by atoms with Crippen molar-refractivity contribution >= 4 is 11.5 Å². The molecule has 0 radical (unpaired) electrons. The zero-order valence-electron chi connectivity index (χ0n) is 12.1. The number of piperidine rings is 1. The number of oxime groups is 1. The smallest absolute Gasteiger partial charge is 0.142 e. The van der Waals surface area contributed by atoms with Crippen LogP contribution in [0.2, 0.25) is 0 Å². The Kier molecular flexibility index (Phi) is 5.24. The van der Waals surface area contributed by atoms with Crippen LogP contribution in [0.3, 0.4) is 0 Å². The molecule has 0 unspecified atom stereocenters. The number of hydrogen-bond donors (Lipinski definition) is 2. The van der Waals surface area contributed by atoms with Crippen LogP contribution in [0.5, 0.6) is 0 Å². The van der Waals surface area contributed by atoms with Gasteiger partial charge in [0, 0.05) is 25.3 Å². The highest BCUT2D eigenvalue weighted by Crippen LogP contribution is 2.25. The second-order valence-corrected chi connectivity index (χ2v) is 5.22. The van der Waals surface area contributed by atoms with Gasteiger partial charge in [-0.15, -0.1) is 0 Å². The minimum absolute atomic E-state index is 0.418. The fourth-order valence-electron chi connectivity index (χ4n) is 2.54. The quantitative estimate of drug-likeness (QED) is 0.489. The van der Waals surface area contributed by atoms with Gasteiger partial charge in [-0.25, -0.2) is 0 Å². The Balaban J connectivity index is 2.08. The van der Waals surface area contributed by atoms with Crippen LogP contribution in [0.1, 0.15) is 37.3 Å². The Morgan fingerprint density at radius 3 is 2.70 bits per heavy atom. The highest BCUT2D eigenvalue weighted by Gasteiger charge is 2.14. The third-order valence-corrected chi connectivity index (χ3v) is 3.50. The minimum atomic E-state index is 0.418. The van der Waals surface area contributed by atoms with Gasteiger partial charge in [0.05, 0.1) is 0 Å². The van der Waals surface area contributed by atoms with Gasteiger partial charge in [-0.1, -0.05) is 11.2 Å². The average Bonchev–Trinajstić information content (AvgIpc) is 2.47. The summed E-state index contributed by atoms with van der Waals surface area (Å²) in [6, 6.07) is 6.32. The molecule has 1 fully saturated rings. The lowest BCUT2D eigenvalue weighted by Crippen LogP contribution is -2.30. The summed E-state index contributed by atoms with van der Waals surface area (Å²) in [6.45, 7) is 4.91. The van der Waals surface area contributed by atoms with E-state index in [1.165, 1.54) is 30.5 Å². The molecule has 1 saturated heterocycles. The van der Waals surface area contributed by atoms with Crippen LogP contribution in [0.15, 0.2) is 23.4 Å². The van der Waals surface area contributed by atoms with Gasteiger partial charge in [0.15, 0.2) is 0 Å². The van der Waals surface area contributed by atoms with E-state index < -0.39 is 0 Å². The van der Waals surface area contributed by atoms with Crippen molar-refractivity contribution in [3.8, 4) is 0 Å². The van der Waals surface area contributed by atoms with Crippen LogP contribution in [0, 0.1) is 0 Å². The molecule has 0 bridgehead atoms. The van der Waals surface area contributed by atoms with E-state index in [1.807, 2.05) is 0 Å². The van der Waals surface area contributed by atoms with Crippen molar-refractivity contribution in [2.75, 3.05) is 18.0 Å². The van der Waals surface area contributed by atoms with E-state index in [9.17, 15) is 0 Å². The van der Waals surface area contributed by atoms with Crippen LogP contribution in [0.25, 0.3) is 0 Å². The number of anilines is 1. The highest BCUT2D eigenvalue weighted by atomic mass is 16.6. The fourth-order valence-corrected chi connectivity index (χ4v) is 2.54. The number of hydrogen-bond acceptors (Lipinski definition) is 4. The van der Waals surface area contributed by atoms with E-state index in [0.29, 0.717) is 19.0 Å². The molecule has 110 valence electrons. The lowest BCUT2D eigenvalue weighted by atomic mass is 10.0. The van der Waals surface area contributed by atoms with E-state index in [1.54, 1.807) is 6.92 Å². The number of benzene rings is 1. The molecule has 1 aromatic carbocycles. The summed E-state index contributed by atoms with van der Waals surface area (Å²) in [7, 11) is 0. The molecule has 0 aromatic heterocycles. The molecule has 5 nitrogen and oxygen atoms in total. The molecular formula is C15H24N4O. The van der Waals surface area contributed by atoms with Crippen molar-refractivity contribution in [3.63, 3.8) is 0 Å². The Labute approximate surface area is 120 Å². The van der Waals surface area contributed by atoms with Crippen LogP contribution in [0.4, 0.5) is 5.69 Å². The first-order valence-electron chi connectivity index (χ1n) is 7.19. The maximum absolute atomic E-state index is 5.89. The molecule has 0 aliphatic carbocycles. The van der Waals surface area contributed by atoms with Gasteiger partial charge in [-0.05, 0) is 49.4 Å². The Bertz CT molecular complexity index is 463. The molecule has 5 heteroatoms. The van der Waals surface area contributed by atoms with Crippen LogP contribution in [-0.4, -0.2) is 18.9 Å². The summed E-state index contributed by atoms with van der Waals surface area (Å²) in [5.41, 5.74) is 14.8. The molecule has 0 atom stereocenters. The minimum Gasteiger partial charge on any atom is -0.390 e. The third-order valence-electron chi connectivity index (χ3n) is 3.50. The van der Waals surface area contributed by atoms with Crippen LogP contribution >= 0.6 is 0 Å². The third kappa shape index (κ3) is 3.87. The van der Waals surface area contributed by atoms with E-state index >= 15 is 0 Å². The predicted octanol–water partition coefficient (Wildman–Crippen LogP) is 1.94. The maximum atomic E-state index is 5.89. The molecule has 20 heavy (non-hydrogen) atoms. The molecule has 0 saturated carbocycles. The largest absolute Gasteiger partial charge is 0.390 e. The topological polar surface area (TPSA) is 76.9 Å². The first kappa shape index (κ1) is 14.7. The summed E-state index contributed by atoms with van der Waals surface area (Å²) in [5, 5.41) is 3.74. The molecule has 0 spiro atoms. The van der Waals surface area contributed by atoms with E-state index in [4.69, 9.17) is 16.3 Å². The zero-order valence-corrected chi connectivity index (χ0v) is 12.1. The summed E-state index contributed by atoms with van der Waals surface area (Å²) >= 11 is 0. The molecule has 1 aromatic rings. The van der Waals surface area contributed by atoms with Crippen LogP contribution in [-0.2, 0) is 18.0 Å². The standard InChI is InChI=1S/C15H24N4O/c1-12(17)18-20-11-13-5-6-15(14(9-13)10-16)19-7-3-2-4-8-19/h5-6,9H,2-4,7-8,10-11,16H2,1H3,(H2,17,18). The maximum Gasteiger partial charge on any atom is 0.142 e. The lowest BCUT2D eigenvalue weighted by Gasteiger charge is -2.30. The zero-order chi connectivity index (χ0) is 14.4. The molecular weight excluding hydrogens is 252 g/mol. The van der Waals surface area contributed by atoms with Crippen LogP contribution < -0.4 is 16.4 Å². The second kappa shape index (κ2) is 7.14. The fraction of sp³-hybridized carbons (Fsp3) is 0.533. The van der Waals surface area contributed by atoms with Gasteiger partial charge in [-0.2, -0.15) is 0 Å². The number of nitrogens with two attached hydrogens (primary N) is 2. The van der Waals surface area contributed by atoms with Crippen molar-refractivity contribution in [2.45, 2.75) is 39.3 Å². The van der Waals surface area contributed by atoms with Gasteiger partial charge in [0.1, 0.15) is 12.4 Å². The molecule has 1 heterocycles. The number of nitrogens with zero attached hydrogens (tertiary/aromatic N) is 2. The van der Waals surface area contributed by atoms with Crippen molar-refractivity contribution < 1.29 is 4.84 Å². The average molecular weight is 276 g/mol. The van der Waals surface area contributed by atoms with Crippen molar-refractivity contribution in [1.29, 1.82) is 0 Å².